The Morgan fingerprint density at radius 2 is 1.65 bits per heavy atom. The van der Waals surface area contributed by atoms with Crippen LogP contribution >= 0.6 is 0 Å². The van der Waals surface area contributed by atoms with Crippen LogP contribution in [-0.4, -0.2) is 22.6 Å². The van der Waals surface area contributed by atoms with E-state index in [1.807, 2.05) is 60.0 Å². The van der Waals surface area contributed by atoms with Gasteiger partial charge in [-0.15, -0.1) is 0 Å². The molecule has 1 atom stereocenters. The number of carbonyl (C=O) groups is 1. The van der Waals surface area contributed by atoms with Gasteiger partial charge in [0.15, 0.2) is 5.43 Å². The number of para-hydroxylation sites is 2. The summed E-state index contributed by atoms with van der Waals surface area (Å²) in [6, 6.07) is 14.9. The summed E-state index contributed by atoms with van der Waals surface area (Å²) >= 11 is 0. The Hall–Kier alpha value is -2.66. The lowest BCUT2D eigenvalue weighted by Crippen LogP contribution is -2.54. The standard InChI is InChI=1S/C21H23N3O2/c1-21(13-22,14-10-11-14)23-19(25)12-24-17-8-4-2-6-15(17)20(26)16-7-3-5-9-18(16)24/h2-9,14H,10-13,22H2,1H3,(H,23,25). The van der Waals surface area contributed by atoms with E-state index in [4.69, 9.17) is 5.73 Å². The van der Waals surface area contributed by atoms with E-state index in [0.29, 0.717) is 23.2 Å². The van der Waals surface area contributed by atoms with Gasteiger partial charge in [0.1, 0.15) is 6.54 Å². The lowest BCUT2D eigenvalue weighted by atomic mass is 9.96. The second-order valence-electron chi connectivity index (χ2n) is 7.39. The number of aromatic nitrogens is 1. The van der Waals surface area contributed by atoms with Gasteiger partial charge < -0.3 is 15.6 Å². The molecule has 5 heteroatoms. The van der Waals surface area contributed by atoms with Gasteiger partial charge in [-0.25, -0.2) is 0 Å². The van der Waals surface area contributed by atoms with Gasteiger partial charge in [-0.05, 0) is 49.9 Å². The zero-order chi connectivity index (χ0) is 18.3. The van der Waals surface area contributed by atoms with Crippen molar-refractivity contribution in [3.05, 3.63) is 58.8 Å². The third-order valence-electron chi connectivity index (χ3n) is 5.51. The van der Waals surface area contributed by atoms with Crippen molar-refractivity contribution in [2.24, 2.45) is 11.7 Å². The zero-order valence-corrected chi connectivity index (χ0v) is 14.9. The Morgan fingerprint density at radius 1 is 1.12 bits per heavy atom. The Balaban J connectivity index is 1.79. The third-order valence-corrected chi connectivity index (χ3v) is 5.51. The van der Waals surface area contributed by atoms with Gasteiger partial charge in [-0.1, -0.05) is 24.3 Å². The number of carbonyl (C=O) groups excluding carboxylic acids is 1. The van der Waals surface area contributed by atoms with Gasteiger partial charge in [0.05, 0.1) is 16.6 Å². The number of benzene rings is 2. The van der Waals surface area contributed by atoms with Gasteiger partial charge in [0.25, 0.3) is 0 Å². The molecular weight excluding hydrogens is 326 g/mol. The molecule has 3 aromatic rings. The fourth-order valence-corrected chi connectivity index (χ4v) is 3.79. The molecule has 1 aliphatic rings. The molecule has 1 saturated carbocycles. The Bertz CT molecular complexity index is 992. The van der Waals surface area contributed by atoms with E-state index < -0.39 is 0 Å². The van der Waals surface area contributed by atoms with Crippen molar-refractivity contribution in [3.8, 4) is 0 Å². The van der Waals surface area contributed by atoms with E-state index in [1.54, 1.807) is 0 Å². The predicted octanol–water partition coefficient (Wildman–Crippen LogP) is 2.40. The molecular formula is C21H23N3O2. The van der Waals surface area contributed by atoms with E-state index in [2.05, 4.69) is 5.32 Å². The van der Waals surface area contributed by atoms with Gasteiger partial charge in [0.2, 0.25) is 5.91 Å². The van der Waals surface area contributed by atoms with Gasteiger partial charge in [0, 0.05) is 17.3 Å². The first-order valence-electron chi connectivity index (χ1n) is 9.05. The molecule has 0 bridgehead atoms. The molecule has 0 aliphatic heterocycles. The van der Waals surface area contributed by atoms with Crippen molar-refractivity contribution >= 4 is 27.7 Å². The van der Waals surface area contributed by atoms with Crippen molar-refractivity contribution in [3.63, 3.8) is 0 Å². The monoisotopic (exact) mass is 349 g/mol. The molecule has 5 nitrogen and oxygen atoms in total. The minimum atomic E-state index is -0.359. The number of amides is 1. The fraction of sp³-hybridized carbons (Fsp3) is 0.333. The second kappa shape index (κ2) is 6.25. The van der Waals surface area contributed by atoms with Crippen molar-refractivity contribution < 1.29 is 4.79 Å². The second-order valence-corrected chi connectivity index (χ2v) is 7.39. The van der Waals surface area contributed by atoms with Crippen molar-refractivity contribution in [1.82, 2.24) is 9.88 Å². The molecule has 1 fully saturated rings. The topological polar surface area (TPSA) is 77.1 Å². The summed E-state index contributed by atoms with van der Waals surface area (Å²) in [7, 11) is 0. The number of fused-ring (bicyclic) bond motifs is 2. The van der Waals surface area contributed by atoms with E-state index in [1.165, 1.54) is 0 Å². The number of pyridine rings is 1. The average Bonchev–Trinajstić information content (AvgIpc) is 3.51. The predicted molar refractivity (Wildman–Crippen MR) is 104 cm³/mol. The number of rotatable bonds is 5. The van der Waals surface area contributed by atoms with Crippen LogP contribution in [0, 0.1) is 5.92 Å². The van der Waals surface area contributed by atoms with E-state index in [9.17, 15) is 9.59 Å². The molecule has 1 unspecified atom stereocenters. The number of hydrogen-bond acceptors (Lipinski definition) is 3. The maximum Gasteiger partial charge on any atom is 0.240 e. The zero-order valence-electron chi connectivity index (χ0n) is 14.9. The third kappa shape index (κ3) is 2.78. The van der Waals surface area contributed by atoms with Crippen molar-refractivity contribution in [1.29, 1.82) is 0 Å². The lowest BCUT2D eigenvalue weighted by Gasteiger charge is -2.30. The first-order valence-corrected chi connectivity index (χ1v) is 9.05. The van der Waals surface area contributed by atoms with Gasteiger partial charge >= 0.3 is 0 Å². The number of hydrogen-bond donors (Lipinski definition) is 2. The summed E-state index contributed by atoms with van der Waals surface area (Å²) in [5.41, 5.74) is 7.11. The first kappa shape index (κ1) is 16.8. The minimum absolute atomic E-state index is 0.00219. The van der Waals surface area contributed by atoms with Gasteiger partial charge in [-0.3, -0.25) is 9.59 Å². The van der Waals surface area contributed by atoms with Crippen LogP contribution in [0.2, 0.25) is 0 Å². The van der Waals surface area contributed by atoms with E-state index >= 15 is 0 Å². The average molecular weight is 349 g/mol. The highest BCUT2D eigenvalue weighted by molar-refractivity contribution is 5.94. The van der Waals surface area contributed by atoms with Crippen LogP contribution in [0.3, 0.4) is 0 Å². The highest BCUT2D eigenvalue weighted by Crippen LogP contribution is 2.39. The normalized spacial score (nSPS) is 16.5. The fourth-order valence-electron chi connectivity index (χ4n) is 3.79. The summed E-state index contributed by atoms with van der Waals surface area (Å²) in [6.45, 7) is 2.60. The van der Waals surface area contributed by atoms with Crippen molar-refractivity contribution in [2.75, 3.05) is 6.54 Å². The lowest BCUT2D eigenvalue weighted by molar-refractivity contribution is -0.123. The Labute approximate surface area is 151 Å². The van der Waals surface area contributed by atoms with Crippen LogP contribution in [0.5, 0.6) is 0 Å². The number of nitrogens with one attached hydrogen (secondary N) is 1. The van der Waals surface area contributed by atoms with E-state index in [-0.39, 0.29) is 23.4 Å². The maximum atomic E-state index is 12.8. The molecule has 3 N–H and O–H groups in total. The van der Waals surface area contributed by atoms with Crippen LogP contribution in [-0.2, 0) is 11.3 Å². The maximum absolute atomic E-state index is 12.8. The molecule has 134 valence electrons. The van der Waals surface area contributed by atoms with Crippen LogP contribution in [0.1, 0.15) is 19.8 Å². The molecule has 2 aromatic carbocycles. The summed E-state index contributed by atoms with van der Waals surface area (Å²) in [6.07, 6.45) is 2.22. The molecule has 0 radical (unpaired) electrons. The SMILES string of the molecule is CC(CN)(NC(=O)Cn1c2ccccc2c(=O)c2ccccc21)C1CC1. The Kier molecular flexibility index (Phi) is 4.04. The molecule has 1 heterocycles. The number of nitrogens with zero attached hydrogens (tertiary/aromatic N) is 1. The summed E-state index contributed by atoms with van der Waals surface area (Å²) in [4.78, 5) is 25.6. The Morgan fingerprint density at radius 3 is 2.15 bits per heavy atom. The molecule has 26 heavy (non-hydrogen) atoms. The smallest absolute Gasteiger partial charge is 0.240 e. The van der Waals surface area contributed by atoms with Crippen molar-refractivity contribution in [2.45, 2.75) is 31.8 Å². The summed E-state index contributed by atoms with van der Waals surface area (Å²) < 4.78 is 1.92. The largest absolute Gasteiger partial charge is 0.348 e. The van der Waals surface area contributed by atoms with Crippen LogP contribution in [0.4, 0.5) is 0 Å². The van der Waals surface area contributed by atoms with Gasteiger partial charge in [-0.2, -0.15) is 0 Å². The minimum Gasteiger partial charge on any atom is -0.348 e. The first-order chi connectivity index (χ1) is 12.5. The highest BCUT2D eigenvalue weighted by atomic mass is 16.2. The summed E-state index contributed by atoms with van der Waals surface area (Å²) in [5, 5.41) is 4.39. The molecule has 1 aliphatic carbocycles. The molecule has 4 rings (SSSR count). The molecule has 0 spiro atoms. The van der Waals surface area contributed by atoms with E-state index in [0.717, 1.165) is 23.9 Å². The highest BCUT2D eigenvalue weighted by Gasteiger charge is 2.41. The van der Waals surface area contributed by atoms with Crippen LogP contribution in [0.15, 0.2) is 53.3 Å². The molecule has 1 aromatic heterocycles. The molecule has 1 amide bonds. The summed E-state index contributed by atoms with van der Waals surface area (Å²) in [5.74, 6) is 0.378. The molecule has 0 saturated heterocycles. The quantitative estimate of drug-likeness (QED) is 0.695. The number of nitrogens with two attached hydrogens (primary N) is 1. The van der Waals surface area contributed by atoms with Crippen LogP contribution < -0.4 is 16.5 Å². The van der Waals surface area contributed by atoms with Crippen LogP contribution in [0.25, 0.3) is 21.8 Å².